The van der Waals surface area contributed by atoms with Gasteiger partial charge in [-0.2, -0.15) is 0 Å². The van der Waals surface area contributed by atoms with Crippen LogP contribution in [-0.2, 0) is 16.4 Å². The highest BCUT2D eigenvalue weighted by Gasteiger charge is 2.16. The number of rotatable bonds is 7. The Labute approximate surface area is 102 Å². The summed E-state index contributed by atoms with van der Waals surface area (Å²) in [5.74, 6) is 0.677. The van der Waals surface area contributed by atoms with Gasteiger partial charge in [-0.15, -0.1) is 0 Å². The third kappa shape index (κ3) is 4.10. The highest BCUT2D eigenvalue weighted by molar-refractivity contribution is 7.89. The average Bonchev–Trinajstić information content (AvgIpc) is 2.77. The summed E-state index contributed by atoms with van der Waals surface area (Å²) in [6.45, 7) is 5.92. The average molecular weight is 260 g/mol. The van der Waals surface area contributed by atoms with Crippen LogP contribution in [0.1, 0.15) is 19.7 Å². The maximum atomic E-state index is 11.8. The van der Waals surface area contributed by atoms with Crippen LogP contribution in [0.3, 0.4) is 0 Å². The van der Waals surface area contributed by atoms with Crippen molar-refractivity contribution in [2.45, 2.75) is 25.3 Å². The van der Waals surface area contributed by atoms with Crippen molar-refractivity contribution in [3.63, 3.8) is 0 Å². The summed E-state index contributed by atoms with van der Waals surface area (Å²) in [5, 5.41) is 0.133. The van der Waals surface area contributed by atoms with Gasteiger partial charge in [0.15, 0.2) is 5.03 Å². The molecule has 0 aliphatic carbocycles. The van der Waals surface area contributed by atoms with E-state index < -0.39 is 10.0 Å². The van der Waals surface area contributed by atoms with E-state index in [0.29, 0.717) is 25.3 Å². The van der Waals surface area contributed by atoms with Gasteiger partial charge in [0.1, 0.15) is 5.82 Å². The second-order valence-electron chi connectivity index (χ2n) is 3.84. The van der Waals surface area contributed by atoms with Crippen molar-refractivity contribution in [3.05, 3.63) is 12.0 Å². The van der Waals surface area contributed by atoms with Gasteiger partial charge in [0.25, 0.3) is 10.0 Å². The number of sulfonamides is 1. The molecule has 17 heavy (non-hydrogen) atoms. The third-order valence-corrected chi connectivity index (χ3v) is 3.93. The van der Waals surface area contributed by atoms with Gasteiger partial charge in [-0.25, -0.2) is 18.1 Å². The first-order valence-electron chi connectivity index (χ1n) is 5.71. The van der Waals surface area contributed by atoms with Gasteiger partial charge in [0.05, 0.1) is 6.20 Å². The number of hydrogen-bond donors (Lipinski definition) is 2. The van der Waals surface area contributed by atoms with E-state index >= 15 is 0 Å². The molecular weight excluding hydrogens is 240 g/mol. The molecule has 2 N–H and O–H groups in total. The van der Waals surface area contributed by atoms with Crippen molar-refractivity contribution in [3.8, 4) is 0 Å². The number of aryl methyl sites for hydroxylation is 1. The van der Waals surface area contributed by atoms with Crippen molar-refractivity contribution in [1.29, 1.82) is 0 Å². The molecule has 0 fully saturated rings. The molecule has 98 valence electrons. The zero-order chi connectivity index (χ0) is 12.9. The maximum Gasteiger partial charge on any atom is 0.257 e. The molecule has 0 amide bonds. The van der Waals surface area contributed by atoms with E-state index in [-0.39, 0.29) is 5.03 Å². The van der Waals surface area contributed by atoms with E-state index in [0.717, 1.165) is 6.54 Å². The smallest absolute Gasteiger partial charge is 0.257 e. The monoisotopic (exact) mass is 260 g/mol. The van der Waals surface area contributed by atoms with E-state index in [1.807, 2.05) is 25.8 Å². The fourth-order valence-electron chi connectivity index (χ4n) is 1.27. The molecule has 0 aromatic carbocycles. The lowest BCUT2D eigenvalue weighted by molar-refractivity contribution is 0.358. The molecule has 1 rings (SSSR count). The predicted molar refractivity (Wildman–Crippen MR) is 66.3 cm³/mol. The number of aromatic amines is 1. The molecule has 0 saturated heterocycles. The standard InChI is InChI=1S/C10H20N4O2S/c1-4-9-11-8-10(13-9)17(15,16)12-6-7-14(3)5-2/h8,12H,4-7H2,1-3H3,(H,11,13). The summed E-state index contributed by atoms with van der Waals surface area (Å²) in [4.78, 5) is 8.79. The molecule has 0 spiro atoms. The molecule has 1 heterocycles. The topological polar surface area (TPSA) is 78.1 Å². The quantitative estimate of drug-likeness (QED) is 0.734. The molecule has 0 radical (unpaired) electrons. The lowest BCUT2D eigenvalue weighted by atomic mass is 10.5. The van der Waals surface area contributed by atoms with Gasteiger partial charge in [-0.1, -0.05) is 13.8 Å². The Morgan fingerprint density at radius 2 is 2.18 bits per heavy atom. The van der Waals surface area contributed by atoms with Crippen LogP contribution in [0.25, 0.3) is 0 Å². The number of nitrogens with one attached hydrogen (secondary N) is 2. The Morgan fingerprint density at radius 3 is 2.71 bits per heavy atom. The van der Waals surface area contributed by atoms with Crippen LogP contribution >= 0.6 is 0 Å². The van der Waals surface area contributed by atoms with Gasteiger partial charge < -0.3 is 9.88 Å². The number of aromatic nitrogens is 2. The number of hydrogen-bond acceptors (Lipinski definition) is 4. The summed E-state index contributed by atoms with van der Waals surface area (Å²) >= 11 is 0. The summed E-state index contributed by atoms with van der Waals surface area (Å²) in [5.41, 5.74) is 0. The SMILES string of the molecule is CCc1ncc(S(=O)(=O)NCCN(C)CC)[nH]1. The fourth-order valence-corrected chi connectivity index (χ4v) is 2.23. The Hall–Kier alpha value is -0.920. The van der Waals surface area contributed by atoms with Gasteiger partial charge in [-0.05, 0) is 13.6 Å². The minimum absolute atomic E-state index is 0.133. The highest BCUT2D eigenvalue weighted by atomic mass is 32.2. The van der Waals surface area contributed by atoms with Crippen LogP contribution in [-0.4, -0.2) is 50.0 Å². The summed E-state index contributed by atoms with van der Waals surface area (Å²) in [6, 6.07) is 0. The number of nitrogens with zero attached hydrogens (tertiary/aromatic N) is 2. The van der Waals surface area contributed by atoms with E-state index in [1.54, 1.807) is 0 Å². The second kappa shape index (κ2) is 6.13. The summed E-state index contributed by atoms with van der Waals surface area (Å²) in [7, 11) is -1.50. The molecule has 6 nitrogen and oxygen atoms in total. The Kier molecular flexibility index (Phi) is 5.10. The van der Waals surface area contributed by atoms with Crippen LogP contribution in [0.4, 0.5) is 0 Å². The minimum atomic E-state index is -3.45. The first-order valence-corrected chi connectivity index (χ1v) is 7.20. The van der Waals surface area contributed by atoms with Gasteiger partial charge in [0, 0.05) is 19.5 Å². The zero-order valence-electron chi connectivity index (χ0n) is 10.5. The summed E-state index contributed by atoms with van der Waals surface area (Å²) in [6.07, 6.45) is 2.04. The molecule has 0 bridgehead atoms. The van der Waals surface area contributed by atoms with E-state index in [1.165, 1.54) is 6.20 Å². The predicted octanol–water partition coefficient (Wildman–Crippen LogP) is 0.202. The number of imidazole rings is 1. The van der Waals surface area contributed by atoms with Gasteiger partial charge in [-0.3, -0.25) is 0 Å². The third-order valence-electron chi connectivity index (χ3n) is 2.55. The van der Waals surface area contributed by atoms with Gasteiger partial charge in [0.2, 0.25) is 0 Å². The maximum absolute atomic E-state index is 11.8. The van der Waals surface area contributed by atoms with Gasteiger partial charge >= 0.3 is 0 Å². The fraction of sp³-hybridized carbons (Fsp3) is 0.700. The first-order chi connectivity index (χ1) is 7.99. The van der Waals surface area contributed by atoms with Crippen molar-refractivity contribution in [2.75, 3.05) is 26.7 Å². The number of H-pyrrole nitrogens is 1. The Bertz CT molecular complexity index is 441. The van der Waals surface area contributed by atoms with E-state index in [9.17, 15) is 8.42 Å². The molecule has 0 aliphatic heterocycles. The van der Waals surface area contributed by atoms with Crippen molar-refractivity contribution in [2.24, 2.45) is 0 Å². The second-order valence-corrected chi connectivity index (χ2v) is 5.58. The Balaban J connectivity index is 2.56. The van der Waals surface area contributed by atoms with E-state index in [2.05, 4.69) is 14.7 Å². The highest BCUT2D eigenvalue weighted by Crippen LogP contribution is 2.05. The van der Waals surface area contributed by atoms with Crippen LogP contribution in [0.5, 0.6) is 0 Å². The molecule has 1 aromatic rings. The van der Waals surface area contributed by atoms with Crippen LogP contribution in [0.15, 0.2) is 11.2 Å². The zero-order valence-corrected chi connectivity index (χ0v) is 11.3. The van der Waals surface area contributed by atoms with Crippen molar-refractivity contribution >= 4 is 10.0 Å². The molecule has 7 heteroatoms. The molecule has 0 unspecified atom stereocenters. The largest absolute Gasteiger partial charge is 0.332 e. The normalized spacial score (nSPS) is 12.2. The first kappa shape index (κ1) is 14.1. The molecule has 0 atom stereocenters. The lowest BCUT2D eigenvalue weighted by Gasteiger charge is -2.13. The van der Waals surface area contributed by atoms with Crippen molar-refractivity contribution < 1.29 is 8.42 Å². The molecule has 0 aliphatic rings. The molecular formula is C10H20N4O2S. The minimum Gasteiger partial charge on any atom is -0.332 e. The Morgan fingerprint density at radius 1 is 1.47 bits per heavy atom. The van der Waals surface area contributed by atoms with Crippen LogP contribution in [0, 0.1) is 0 Å². The van der Waals surface area contributed by atoms with Crippen LogP contribution in [0.2, 0.25) is 0 Å². The van der Waals surface area contributed by atoms with Crippen molar-refractivity contribution in [1.82, 2.24) is 19.6 Å². The number of likely N-dealkylation sites (N-methyl/N-ethyl adjacent to an activating group) is 1. The van der Waals surface area contributed by atoms with Crippen LogP contribution < -0.4 is 4.72 Å². The molecule has 0 saturated carbocycles. The lowest BCUT2D eigenvalue weighted by Crippen LogP contribution is -2.33. The van der Waals surface area contributed by atoms with E-state index in [4.69, 9.17) is 0 Å². The summed E-state index contributed by atoms with van der Waals surface area (Å²) < 4.78 is 26.2. The molecule has 1 aromatic heterocycles.